The lowest BCUT2D eigenvalue weighted by molar-refractivity contribution is 0.565. The molecule has 0 amide bonds. The maximum atomic E-state index is 13.5. The molecule has 2 rings (SSSR count). The zero-order valence-corrected chi connectivity index (χ0v) is 12.5. The maximum Gasteiger partial charge on any atom is 0.241 e. The quantitative estimate of drug-likeness (QED) is 0.847. The first kappa shape index (κ1) is 15.4. The van der Waals surface area contributed by atoms with Crippen molar-refractivity contribution in [3.05, 3.63) is 53.6 Å². The highest BCUT2D eigenvalue weighted by molar-refractivity contribution is 7.89. The Morgan fingerprint density at radius 1 is 1.38 bits per heavy atom. The fourth-order valence-corrected chi connectivity index (χ4v) is 3.27. The van der Waals surface area contributed by atoms with E-state index in [2.05, 4.69) is 9.71 Å². The van der Waals surface area contributed by atoms with E-state index in [0.717, 1.165) is 11.6 Å². The van der Waals surface area contributed by atoms with E-state index < -0.39 is 21.9 Å². The van der Waals surface area contributed by atoms with E-state index in [0.29, 0.717) is 0 Å². The van der Waals surface area contributed by atoms with Crippen LogP contribution < -0.4 is 10.5 Å². The fourth-order valence-electron chi connectivity index (χ4n) is 1.92. The topological polar surface area (TPSA) is 85.1 Å². The monoisotopic (exact) mass is 309 g/mol. The molecule has 1 atom stereocenters. The van der Waals surface area contributed by atoms with Crippen molar-refractivity contribution in [2.45, 2.75) is 24.8 Å². The summed E-state index contributed by atoms with van der Waals surface area (Å²) >= 11 is 0. The molecule has 0 aliphatic rings. The molecule has 0 radical (unpaired) electrons. The molecule has 0 fully saturated rings. The molecule has 1 aromatic carbocycles. The standard InChI is InChI=1S/C14H16FN3O2S/c1-9-6-12(7-13(16)14(9)15)21(19,20)18-10(2)11-4-3-5-17-8-11/h3-8,10,18H,16H2,1-2H3. The van der Waals surface area contributed by atoms with Gasteiger partial charge in [-0.2, -0.15) is 0 Å². The highest BCUT2D eigenvalue weighted by atomic mass is 32.2. The van der Waals surface area contributed by atoms with Crippen molar-refractivity contribution < 1.29 is 12.8 Å². The highest BCUT2D eigenvalue weighted by Gasteiger charge is 2.20. The van der Waals surface area contributed by atoms with Gasteiger partial charge in [0.1, 0.15) is 5.82 Å². The number of hydrogen-bond donors (Lipinski definition) is 2. The van der Waals surface area contributed by atoms with Gasteiger partial charge >= 0.3 is 0 Å². The van der Waals surface area contributed by atoms with Gasteiger partial charge < -0.3 is 5.73 Å². The van der Waals surface area contributed by atoms with Crippen LogP contribution in [-0.2, 0) is 10.0 Å². The van der Waals surface area contributed by atoms with Crippen molar-refractivity contribution in [2.24, 2.45) is 0 Å². The Labute approximate surface area is 123 Å². The second-order valence-corrected chi connectivity index (χ2v) is 6.49. The van der Waals surface area contributed by atoms with Gasteiger partial charge in [0.25, 0.3) is 0 Å². The van der Waals surface area contributed by atoms with E-state index in [-0.39, 0.29) is 16.1 Å². The van der Waals surface area contributed by atoms with Gasteiger partial charge in [0.05, 0.1) is 10.6 Å². The molecule has 0 aliphatic carbocycles. The molecule has 0 spiro atoms. The van der Waals surface area contributed by atoms with E-state index in [1.807, 2.05) is 0 Å². The normalized spacial score (nSPS) is 13.1. The molecule has 5 nitrogen and oxygen atoms in total. The Balaban J connectivity index is 2.31. The predicted molar refractivity (Wildman–Crippen MR) is 78.5 cm³/mol. The number of nitrogens with two attached hydrogens (primary N) is 1. The number of sulfonamides is 1. The molecule has 112 valence electrons. The summed E-state index contributed by atoms with van der Waals surface area (Å²) in [5.41, 5.74) is 6.21. The first-order valence-electron chi connectivity index (χ1n) is 6.29. The van der Waals surface area contributed by atoms with Gasteiger partial charge in [-0.25, -0.2) is 17.5 Å². The molecule has 1 aromatic heterocycles. The summed E-state index contributed by atoms with van der Waals surface area (Å²) in [5.74, 6) is -0.603. The van der Waals surface area contributed by atoms with Gasteiger partial charge in [-0.1, -0.05) is 6.07 Å². The van der Waals surface area contributed by atoms with E-state index >= 15 is 0 Å². The van der Waals surface area contributed by atoms with Crippen LogP contribution in [0.2, 0.25) is 0 Å². The number of aromatic nitrogens is 1. The SMILES string of the molecule is Cc1cc(S(=O)(=O)NC(C)c2cccnc2)cc(N)c1F. The zero-order chi connectivity index (χ0) is 15.6. The summed E-state index contributed by atoms with van der Waals surface area (Å²) in [6, 6.07) is 5.39. The van der Waals surface area contributed by atoms with E-state index in [4.69, 9.17) is 5.73 Å². The van der Waals surface area contributed by atoms with Gasteiger partial charge in [-0.3, -0.25) is 4.98 Å². The van der Waals surface area contributed by atoms with Crippen LogP contribution in [0.15, 0.2) is 41.6 Å². The summed E-state index contributed by atoms with van der Waals surface area (Å²) in [4.78, 5) is 3.88. The van der Waals surface area contributed by atoms with Crippen molar-refractivity contribution in [1.29, 1.82) is 0 Å². The van der Waals surface area contributed by atoms with Crippen LogP contribution in [0, 0.1) is 12.7 Å². The predicted octanol–water partition coefficient (Wildman–Crippen LogP) is 2.15. The number of nitrogens with one attached hydrogen (secondary N) is 1. The number of halogens is 1. The average molecular weight is 309 g/mol. The van der Waals surface area contributed by atoms with Gasteiger partial charge in [0, 0.05) is 18.4 Å². The number of hydrogen-bond acceptors (Lipinski definition) is 4. The lowest BCUT2D eigenvalue weighted by Gasteiger charge is -2.15. The van der Waals surface area contributed by atoms with Crippen LogP contribution in [0.3, 0.4) is 0 Å². The number of pyridine rings is 1. The summed E-state index contributed by atoms with van der Waals surface area (Å²) in [6.07, 6.45) is 3.19. The highest BCUT2D eigenvalue weighted by Crippen LogP contribution is 2.22. The van der Waals surface area contributed by atoms with Gasteiger partial charge in [-0.05, 0) is 43.2 Å². The zero-order valence-electron chi connectivity index (χ0n) is 11.7. The molecule has 0 bridgehead atoms. The number of rotatable bonds is 4. The molecular formula is C14H16FN3O2S. The third-order valence-electron chi connectivity index (χ3n) is 3.08. The molecular weight excluding hydrogens is 293 g/mol. The summed E-state index contributed by atoms with van der Waals surface area (Å²) in [7, 11) is -3.79. The summed E-state index contributed by atoms with van der Waals surface area (Å²) in [6.45, 7) is 3.17. The Hall–Kier alpha value is -1.99. The first-order valence-corrected chi connectivity index (χ1v) is 7.77. The molecule has 3 N–H and O–H groups in total. The third-order valence-corrected chi connectivity index (χ3v) is 4.60. The van der Waals surface area contributed by atoms with Crippen LogP contribution >= 0.6 is 0 Å². The number of nitrogens with zero attached hydrogens (tertiary/aromatic N) is 1. The van der Waals surface area contributed by atoms with Gasteiger partial charge in [0.2, 0.25) is 10.0 Å². The van der Waals surface area contributed by atoms with E-state index in [1.54, 1.807) is 31.5 Å². The maximum absolute atomic E-state index is 13.5. The number of aryl methyl sites for hydroxylation is 1. The van der Waals surface area contributed by atoms with Gasteiger partial charge in [0.15, 0.2) is 0 Å². The minimum atomic E-state index is -3.79. The molecule has 1 unspecified atom stereocenters. The van der Waals surface area contributed by atoms with Crippen LogP contribution in [0.4, 0.5) is 10.1 Å². The molecule has 0 saturated heterocycles. The van der Waals surface area contributed by atoms with Crippen molar-refractivity contribution in [2.75, 3.05) is 5.73 Å². The Bertz CT molecular complexity index is 725. The minimum Gasteiger partial charge on any atom is -0.396 e. The number of nitrogen functional groups attached to an aromatic ring is 1. The molecule has 0 saturated carbocycles. The third kappa shape index (κ3) is 3.37. The van der Waals surface area contributed by atoms with Crippen LogP contribution in [-0.4, -0.2) is 13.4 Å². The molecule has 21 heavy (non-hydrogen) atoms. The lowest BCUT2D eigenvalue weighted by Crippen LogP contribution is -2.27. The summed E-state index contributed by atoms with van der Waals surface area (Å²) < 4.78 is 40.6. The summed E-state index contributed by atoms with van der Waals surface area (Å²) in [5, 5.41) is 0. The first-order chi connectivity index (χ1) is 9.81. The van der Waals surface area contributed by atoms with Crippen LogP contribution in [0.1, 0.15) is 24.1 Å². The van der Waals surface area contributed by atoms with E-state index in [1.165, 1.54) is 13.0 Å². The van der Waals surface area contributed by atoms with Crippen molar-refractivity contribution in [1.82, 2.24) is 9.71 Å². The minimum absolute atomic E-state index is 0.0605. The van der Waals surface area contributed by atoms with Crippen molar-refractivity contribution >= 4 is 15.7 Å². The molecule has 7 heteroatoms. The van der Waals surface area contributed by atoms with Crippen LogP contribution in [0.5, 0.6) is 0 Å². The number of anilines is 1. The second-order valence-electron chi connectivity index (χ2n) is 4.77. The Morgan fingerprint density at radius 3 is 2.67 bits per heavy atom. The number of benzene rings is 1. The Kier molecular flexibility index (Phi) is 4.24. The molecule has 1 heterocycles. The lowest BCUT2D eigenvalue weighted by atomic mass is 10.2. The van der Waals surface area contributed by atoms with Gasteiger partial charge in [-0.15, -0.1) is 0 Å². The van der Waals surface area contributed by atoms with E-state index in [9.17, 15) is 12.8 Å². The van der Waals surface area contributed by atoms with Crippen molar-refractivity contribution in [3.8, 4) is 0 Å². The van der Waals surface area contributed by atoms with Crippen molar-refractivity contribution in [3.63, 3.8) is 0 Å². The smallest absolute Gasteiger partial charge is 0.241 e. The average Bonchev–Trinajstić information content (AvgIpc) is 2.44. The molecule has 0 aliphatic heterocycles. The second kappa shape index (κ2) is 5.79. The Morgan fingerprint density at radius 2 is 2.10 bits per heavy atom. The largest absolute Gasteiger partial charge is 0.396 e. The van der Waals surface area contributed by atoms with Crippen LogP contribution in [0.25, 0.3) is 0 Å². The molecule has 2 aromatic rings. The fraction of sp³-hybridized carbons (Fsp3) is 0.214.